The van der Waals surface area contributed by atoms with Crippen LogP contribution in [0, 0.1) is 11.7 Å². The van der Waals surface area contributed by atoms with Crippen LogP contribution < -0.4 is 5.32 Å². The molecule has 1 saturated carbocycles. The van der Waals surface area contributed by atoms with Crippen LogP contribution in [0.15, 0.2) is 18.3 Å². The van der Waals surface area contributed by atoms with Crippen LogP contribution >= 0.6 is 0 Å². The van der Waals surface area contributed by atoms with Gasteiger partial charge in [0.1, 0.15) is 11.6 Å². The summed E-state index contributed by atoms with van der Waals surface area (Å²) in [6.07, 6.45) is 3.20. The average Bonchev–Trinajstić information content (AvgIpc) is 2.89. The highest BCUT2D eigenvalue weighted by Gasteiger charge is 2.48. The van der Waals surface area contributed by atoms with Crippen molar-refractivity contribution in [1.29, 1.82) is 0 Å². The van der Waals surface area contributed by atoms with E-state index in [-0.39, 0.29) is 5.91 Å². The number of rotatable bonds is 2. The summed E-state index contributed by atoms with van der Waals surface area (Å²) in [5.41, 5.74) is 2.58. The van der Waals surface area contributed by atoms with E-state index in [2.05, 4.69) is 20.5 Å². The molecule has 2 aromatic heterocycles. The molecule has 2 aromatic rings. The molecular formula is C13H11FN4O. The highest BCUT2D eigenvalue weighted by atomic mass is 19.1. The van der Waals surface area contributed by atoms with Crippen LogP contribution in [0.4, 0.5) is 10.2 Å². The Labute approximate surface area is 108 Å². The van der Waals surface area contributed by atoms with E-state index in [1.54, 1.807) is 0 Å². The summed E-state index contributed by atoms with van der Waals surface area (Å²) >= 11 is 0. The molecule has 0 saturated heterocycles. The first-order valence-electron chi connectivity index (χ1n) is 6.22. The van der Waals surface area contributed by atoms with Crippen molar-refractivity contribution in [3.63, 3.8) is 0 Å². The van der Waals surface area contributed by atoms with Crippen LogP contribution in [0.3, 0.4) is 0 Å². The molecule has 0 spiro atoms. The third-order valence-corrected chi connectivity index (χ3v) is 3.84. The van der Waals surface area contributed by atoms with E-state index < -0.39 is 5.82 Å². The molecule has 4 rings (SSSR count). The molecular weight excluding hydrogens is 247 g/mol. The smallest absolute Gasteiger partial charge is 0.277 e. The lowest BCUT2D eigenvalue weighted by atomic mass is 10.1. The van der Waals surface area contributed by atoms with Gasteiger partial charge in [-0.1, -0.05) is 0 Å². The minimum absolute atomic E-state index is 0.294. The molecule has 0 aromatic carbocycles. The number of fused-ring (bicyclic) bond motifs is 3. The fourth-order valence-electron chi connectivity index (χ4n) is 2.79. The molecule has 1 amide bonds. The molecule has 96 valence electrons. The van der Waals surface area contributed by atoms with Gasteiger partial charge in [0.25, 0.3) is 5.91 Å². The predicted molar refractivity (Wildman–Crippen MR) is 65.3 cm³/mol. The van der Waals surface area contributed by atoms with Gasteiger partial charge in [0, 0.05) is 17.2 Å². The van der Waals surface area contributed by atoms with Crippen LogP contribution in [-0.2, 0) is 6.42 Å². The van der Waals surface area contributed by atoms with Crippen LogP contribution in [0.25, 0.3) is 0 Å². The Morgan fingerprint density at radius 3 is 3.16 bits per heavy atom. The van der Waals surface area contributed by atoms with Crippen molar-refractivity contribution in [3.8, 4) is 0 Å². The van der Waals surface area contributed by atoms with Gasteiger partial charge in [0.05, 0.1) is 6.20 Å². The standard InChI is InChI=1S/C13H11FN4O/c14-7-1-2-10(15-5-7)16-13(19)12-9-4-6-3-8(6)11(9)17-18-12/h1-2,5-6,8H,3-4H2,(H,17,18)(H,15,16,19). The van der Waals surface area contributed by atoms with E-state index in [9.17, 15) is 9.18 Å². The van der Waals surface area contributed by atoms with Crippen molar-refractivity contribution in [2.24, 2.45) is 5.92 Å². The molecule has 0 radical (unpaired) electrons. The molecule has 1 fully saturated rings. The number of carbonyl (C=O) groups is 1. The van der Waals surface area contributed by atoms with Crippen molar-refractivity contribution in [3.05, 3.63) is 41.1 Å². The minimum Gasteiger partial charge on any atom is -0.305 e. The zero-order valence-corrected chi connectivity index (χ0v) is 9.98. The summed E-state index contributed by atoms with van der Waals surface area (Å²) in [7, 11) is 0. The Balaban J connectivity index is 1.58. The van der Waals surface area contributed by atoms with Crippen molar-refractivity contribution >= 4 is 11.7 Å². The Hall–Kier alpha value is -2.24. The zero-order chi connectivity index (χ0) is 13.0. The van der Waals surface area contributed by atoms with Crippen LogP contribution in [0.2, 0.25) is 0 Å². The second-order valence-electron chi connectivity index (χ2n) is 5.09. The summed E-state index contributed by atoms with van der Waals surface area (Å²) in [4.78, 5) is 15.9. The number of carbonyl (C=O) groups excluding carboxylic acids is 1. The Morgan fingerprint density at radius 2 is 2.37 bits per heavy atom. The number of hydrogen-bond acceptors (Lipinski definition) is 3. The Kier molecular flexibility index (Phi) is 2.04. The molecule has 0 aliphatic heterocycles. The number of H-pyrrole nitrogens is 1. The first kappa shape index (κ1) is 10.7. The highest BCUT2D eigenvalue weighted by molar-refractivity contribution is 6.03. The second kappa shape index (κ2) is 3.63. The van der Waals surface area contributed by atoms with E-state index in [1.165, 1.54) is 18.6 Å². The third kappa shape index (κ3) is 1.63. The summed E-state index contributed by atoms with van der Waals surface area (Å²) in [5.74, 6) is 0.871. The largest absolute Gasteiger partial charge is 0.305 e. The van der Waals surface area contributed by atoms with E-state index in [0.717, 1.165) is 23.9 Å². The van der Waals surface area contributed by atoms with E-state index in [0.29, 0.717) is 23.3 Å². The number of amides is 1. The summed E-state index contributed by atoms with van der Waals surface area (Å²) in [5, 5.41) is 9.68. The Morgan fingerprint density at radius 1 is 1.47 bits per heavy atom. The molecule has 6 heteroatoms. The molecule has 2 atom stereocenters. The summed E-state index contributed by atoms with van der Waals surface area (Å²) in [6, 6.07) is 2.68. The van der Waals surface area contributed by atoms with Crippen LogP contribution in [0.1, 0.15) is 34.1 Å². The van der Waals surface area contributed by atoms with Gasteiger partial charge in [0.15, 0.2) is 5.69 Å². The lowest BCUT2D eigenvalue weighted by molar-refractivity contribution is 0.102. The maximum Gasteiger partial charge on any atom is 0.277 e. The van der Waals surface area contributed by atoms with E-state index >= 15 is 0 Å². The number of anilines is 1. The molecule has 0 bridgehead atoms. The lowest BCUT2D eigenvalue weighted by Gasteiger charge is -2.03. The second-order valence-corrected chi connectivity index (χ2v) is 5.09. The van der Waals surface area contributed by atoms with Crippen LogP contribution in [-0.4, -0.2) is 21.1 Å². The number of halogens is 1. The van der Waals surface area contributed by atoms with Gasteiger partial charge in [-0.05, 0) is 30.9 Å². The van der Waals surface area contributed by atoms with Crippen molar-refractivity contribution in [2.45, 2.75) is 18.8 Å². The maximum atomic E-state index is 12.7. The first-order chi connectivity index (χ1) is 9.22. The molecule has 2 N–H and O–H groups in total. The van der Waals surface area contributed by atoms with Gasteiger partial charge in [-0.25, -0.2) is 9.37 Å². The lowest BCUT2D eigenvalue weighted by Crippen LogP contribution is -2.15. The number of nitrogens with one attached hydrogen (secondary N) is 2. The fraction of sp³-hybridized carbons (Fsp3) is 0.308. The van der Waals surface area contributed by atoms with Gasteiger partial charge in [-0.15, -0.1) is 0 Å². The van der Waals surface area contributed by atoms with Gasteiger partial charge in [-0.2, -0.15) is 5.10 Å². The van der Waals surface area contributed by atoms with Crippen molar-refractivity contribution < 1.29 is 9.18 Å². The average molecular weight is 258 g/mol. The monoisotopic (exact) mass is 258 g/mol. The van der Waals surface area contributed by atoms with Gasteiger partial charge >= 0.3 is 0 Å². The molecule has 5 nitrogen and oxygen atoms in total. The summed E-state index contributed by atoms with van der Waals surface area (Å²) in [6.45, 7) is 0. The molecule has 2 heterocycles. The van der Waals surface area contributed by atoms with E-state index in [4.69, 9.17) is 0 Å². The maximum absolute atomic E-state index is 12.7. The third-order valence-electron chi connectivity index (χ3n) is 3.84. The van der Waals surface area contributed by atoms with Crippen LogP contribution in [0.5, 0.6) is 0 Å². The molecule has 2 unspecified atom stereocenters. The number of aromatic amines is 1. The predicted octanol–water partition coefficient (Wildman–Crippen LogP) is 1.86. The zero-order valence-electron chi connectivity index (χ0n) is 9.98. The normalized spacial score (nSPS) is 22.8. The quantitative estimate of drug-likeness (QED) is 0.863. The van der Waals surface area contributed by atoms with Gasteiger partial charge < -0.3 is 5.32 Å². The SMILES string of the molecule is O=C(Nc1ccc(F)cn1)c1n[nH]c2c1CC1CC21. The van der Waals surface area contributed by atoms with Crippen molar-refractivity contribution in [2.75, 3.05) is 5.32 Å². The first-order valence-corrected chi connectivity index (χ1v) is 6.22. The molecule has 19 heavy (non-hydrogen) atoms. The Bertz CT molecular complexity index is 664. The van der Waals surface area contributed by atoms with E-state index in [1.807, 2.05) is 0 Å². The van der Waals surface area contributed by atoms with Gasteiger partial charge in [-0.3, -0.25) is 9.89 Å². The molecule has 2 aliphatic carbocycles. The van der Waals surface area contributed by atoms with Crippen molar-refractivity contribution in [1.82, 2.24) is 15.2 Å². The number of pyridine rings is 1. The minimum atomic E-state index is -0.432. The number of hydrogen-bond donors (Lipinski definition) is 2. The number of aromatic nitrogens is 3. The van der Waals surface area contributed by atoms with Gasteiger partial charge in [0.2, 0.25) is 0 Å². The topological polar surface area (TPSA) is 70.7 Å². The molecule has 2 aliphatic rings. The summed E-state index contributed by atoms with van der Waals surface area (Å²) < 4.78 is 12.7. The number of nitrogens with zero attached hydrogens (tertiary/aromatic N) is 2. The highest BCUT2D eigenvalue weighted by Crippen LogP contribution is 2.55. The fourth-order valence-corrected chi connectivity index (χ4v) is 2.79.